The molecule has 0 bridgehead atoms. The van der Waals surface area contributed by atoms with Crippen molar-refractivity contribution in [3.63, 3.8) is 0 Å². The van der Waals surface area contributed by atoms with E-state index in [0.717, 1.165) is 90.1 Å². The van der Waals surface area contributed by atoms with Crippen LogP contribution in [0.4, 0.5) is 95.8 Å². The predicted molar refractivity (Wildman–Crippen MR) is 412 cm³/mol. The topological polar surface area (TPSA) is 308 Å². The van der Waals surface area contributed by atoms with Crippen molar-refractivity contribution in [1.82, 2.24) is 59.8 Å². The van der Waals surface area contributed by atoms with Crippen molar-refractivity contribution in [3.8, 4) is 0 Å². The molecule has 0 saturated carbocycles. The lowest BCUT2D eigenvalue weighted by Gasteiger charge is -2.35. The Morgan fingerprint density at radius 2 is 0.854 bits per heavy atom. The molecule has 2 saturated heterocycles. The summed E-state index contributed by atoms with van der Waals surface area (Å²) in [4.78, 5) is 109. The number of benzene rings is 3. The van der Waals surface area contributed by atoms with E-state index in [-0.39, 0.29) is 41.8 Å². The maximum atomic E-state index is 13.4. The van der Waals surface area contributed by atoms with Gasteiger partial charge in [0, 0.05) is 133 Å². The molecule has 0 aliphatic carbocycles. The van der Waals surface area contributed by atoms with Crippen LogP contribution in [0.15, 0.2) is 79.3 Å². The highest BCUT2D eigenvalue weighted by molar-refractivity contribution is 7.88. The number of thiazole rings is 3. The number of anilines is 17. The zero-order valence-corrected chi connectivity index (χ0v) is 63.8. The first-order valence-corrected chi connectivity index (χ1v) is 38.1. The summed E-state index contributed by atoms with van der Waals surface area (Å²) >= 11 is 4.42. The van der Waals surface area contributed by atoms with Gasteiger partial charge in [0.2, 0.25) is 27.9 Å². The summed E-state index contributed by atoms with van der Waals surface area (Å²) in [5.41, 5.74) is 10.8. The molecular weight excluding hydrogens is 1390 g/mol. The van der Waals surface area contributed by atoms with Crippen LogP contribution in [0.25, 0.3) is 0 Å². The lowest BCUT2D eigenvalue weighted by molar-refractivity contribution is 0.0957. The smallest absolute Gasteiger partial charge is 0.280 e. The molecule has 4 amide bonds. The van der Waals surface area contributed by atoms with Crippen molar-refractivity contribution in [2.24, 2.45) is 0 Å². The van der Waals surface area contributed by atoms with E-state index in [2.05, 4.69) is 97.5 Å². The van der Waals surface area contributed by atoms with Gasteiger partial charge >= 0.3 is 0 Å². The van der Waals surface area contributed by atoms with Gasteiger partial charge in [-0.2, -0.15) is 19.3 Å². The molecule has 33 heteroatoms. The third kappa shape index (κ3) is 15.0. The van der Waals surface area contributed by atoms with E-state index in [1.807, 2.05) is 117 Å². The number of fused-ring (bicyclic) bond motifs is 6. The molecule has 5 aliphatic rings. The van der Waals surface area contributed by atoms with Gasteiger partial charge < -0.3 is 51.1 Å². The minimum atomic E-state index is -3.17. The van der Waals surface area contributed by atoms with E-state index in [1.165, 1.54) is 50.3 Å². The van der Waals surface area contributed by atoms with Crippen LogP contribution in [0.5, 0.6) is 0 Å². The first kappa shape index (κ1) is 72.7. The lowest BCUT2D eigenvalue weighted by Crippen LogP contribution is -2.48. The fourth-order valence-corrected chi connectivity index (χ4v) is 16.2. The third-order valence-electron chi connectivity index (χ3n) is 18.0. The van der Waals surface area contributed by atoms with Crippen LogP contribution in [0.3, 0.4) is 0 Å². The molecule has 14 rings (SSSR count). The van der Waals surface area contributed by atoms with E-state index in [4.69, 9.17) is 15.0 Å². The maximum absolute atomic E-state index is 13.4. The number of sulfonamides is 1. The third-order valence-corrected chi connectivity index (χ3v) is 22.4. The van der Waals surface area contributed by atoms with E-state index >= 15 is 0 Å². The van der Waals surface area contributed by atoms with Crippen molar-refractivity contribution in [2.75, 3.05) is 142 Å². The molecule has 3 aromatic carbocycles. The van der Waals surface area contributed by atoms with Crippen LogP contribution in [0.2, 0.25) is 0 Å². The monoisotopic (exact) mass is 1470 g/mol. The number of rotatable bonds is 13. The largest absolute Gasteiger partial charge is 0.369 e. The van der Waals surface area contributed by atoms with E-state index in [9.17, 15) is 27.6 Å². The van der Waals surface area contributed by atoms with E-state index in [0.29, 0.717) is 101 Å². The minimum absolute atomic E-state index is 0.0604. The Bertz CT molecular complexity index is 4830. The van der Waals surface area contributed by atoms with E-state index in [1.54, 1.807) is 64.6 Å². The number of hydrogen-bond donors (Lipinski definition) is 5. The molecule has 29 nitrogen and oxygen atoms in total. The molecular formula is C70H85N23O6S4. The second-order valence-electron chi connectivity index (χ2n) is 26.3. The number of hydrogen-bond acceptors (Lipinski definition) is 27. The van der Waals surface area contributed by atoms with Crippen molar-refractivity contribution in [1.29, 1.82) is 0 Å². The highest BCUT2D eigenvalue weighted by atomic mass is 32.2. The zero-order valence-electron chi connectivity index (χ0n) is 60.5. The number of piperazine rings is 2. The van der Waals surface area contributed by atoms with Crippen molar-refractivity contribution in [2.45, 2.75) is 94.3 Å². The quantitative estimate of drug-likeness (QED) is 0.0716. The number of aromatic nitrogens is 9. The Morgan fingerprint density at radius 3 is 1.19 bits per heavy atom. The van der Waals surface area contributed by atoms with E-state index < -0.39 is 10.0 Å². The second-order valence-corrected chi connectivity index (χ2v) is 31.8. The Hall–Kier alpha value is -10.1. The average Bonchev–Trinajstić information content (AvgIpc) is 1.63. The second kappa shape index (κ2) is 29.7. The molecule has 0 atom stereocenters. The Morgan fingerprint density at radius 1 is 0.495 bits per heavy atom. The molecule has 5 N–H and O–H groups in total. The highest BCUT2D eigenvalue weighted by Gasteiger charge is 2.39. The average molecular weight is 1470 g/mol. The van der Waals surface area contributed by atoms with Gasteiger partial charge in [-0.15, -0.1) is 34.0 Å². The lowest BCUT2D eigenvalue weighted by atomic mass is 10.1. The summed E-state index contributed by atoms with van der Waals surface area (Å²) in [6, 6.07) is 19.3. The Labute approximate surface area is 611 Å². The van der Waals surface area contributed by atoms with Crippen molar-refractivity contribution in [3.05, 3.63) is 128 Å². The normalized spacial score (nSPS) is 15.3. The van der Waals surface area contributed by atoms with Gasteiger partial charge in [-0.3, -0.25) is 33.9 Å². The van der Waals surface area contributed by atoms with Crippen LogP contribution in [0.1, 0.15) is 110 Å². The molecule has 9 aromatic rings. The summed E-state index contributed by atoms with van der Waals surface area (Å²) in [6.07, 6.45) is 6.33. The Balaban J connectivity index is 0.000000146. The van der Waals surface area contributed by atoms with Gasteiger partial charge in [-0.1, -0.05) is 0 Å². The molecule has 0 spiro atoms. The standard InChI is InChI=1S/C25H32N8O3S2.C24H30N8OS.C21H23N7O2S/c1-15(2)33-20-14-26-25(29-22(20)30(5)24-21(23(33)34)27-17(4)37-24)28-19-8-7-18(13-16(19)3)31-9-11-32(12-10-31)38(6,35)36;1-14(2)32-19-13-26-24(29-21(19)30(5)23-20(22(32)33)27-16(4)34-23)28-18-7-6-17(12-15(18)3)31-10-8-25-9-11-31;1-11(2)28-15-10-23-21(25-14-8-6-13(7-9-14)18(29)22-4)26-17(15)27(5)20-16(19(28)30)24-12(3)31-20/h7-8,13-15H,9-12H2,1-6H3,(H,26,28,29);6-7,12-14,25H,8-11H2,1-5H3,(H,26,28,29);6-11H,1-5H3,(H,22,29)(H,23,25,26). The van der Waals surface area contributed by atoms with Crippen molar-refractivity contribution < 1.29 is 27.6 Å². The van der Waals surface area contributed by atoms with Crippen LogP contribution < -0.4 is 65.8 Å². The summed E-state index contributed by atoms with van der Waals surface area (Å²) in [7, 11) is 4.13. The van der Waals surface area contributed by atoms with Crippen molar-refractivity contribution >= 4 is 163 Å². The predicted octanol–water partition coefficient (Wildman–Crippen LogP) is 10.8. The first-order valence-electron chi connectivity index (χ1n) is 33.8. The minimum Gasteiger partial charge on any atom is -0.369 e. The molecule has 540 valence electrons. The number of carbonyl (C=O) groups is 4. The molecule has 0 unspecified atom stereocenters. The summed E-state index contributed by atoms with van der Waals surface area (Å²) in [5, 5.41) is 20.7. The molecule has 0 radical (unpaired) electrons. The highest BCUT2D eigenvalue weighted by Crippen LogP contribution is 2.46. The Kier molecular flexibility index (Phi) is 21.0. The number of carbonyl (C=O) groups excluding carboxylic acids is 4. The van der Waals surface area contributed by atoms with Gasteiger partial charge in [0.15, 0.2) is 34.5 Å². The van der Waals surface area contributed by atoms with Gasteiger partial charge in [0.05, 0.1) is 39.9 Å². The molecule has 11 heterocycles. The van der Waals surface area contributed by atoms with Crippen LogP contribution in [-0.2, 0) is 10.0 Å². The summed E-state index contributed by atoms with van der Waals surface area (Å²) in [6.45, 7) is 27.9. The summed E-state index contributed by atoms with van der Waals surface area (Å²) in [5.74, 6) is 2.64. The van der Waals surface area contributed by atoms with Crippen LogP contribution >= 0.6 is 34.0 Å². The molecule has 2 fully saturated rings. The number of amides is 4. The van der Waals surface area contributed by atoms with Crippen LogP contribution in [0, 0.1) is 34.6 Å². The fourth-order valence-electron chi connectivity index (χ4n) is 12.8. The van der Waals surface area contributed by atoms with Crippen LogP contribution in [-0.4, -0.2) is 186 Å². The number of aryl methyl sites for hydroxylation is 5. The van der Waals surface area contributed by atoms with Gasteiger partial charge in [0.25, 0.3) is 23.6 Å². The number of nitrogens with zero attached hydrogens (tertiary/aromatic N) is 18. The van der Waals surface area contributed by atoms with Gasteiger partial charge in [-0.05, 0) is 148 Å². The molecule has 5 aliphatic heterocycles. The number of nitrogens with one attached hydrogen (secondary N) is 5. The SMILES string of the molecule is CNC(=O)c1ccc(Nc2ncc3c(n2)N(C)c2sc(C)nc2C(=O)N3C(C)C)cc1.Cc1nc2c(s1)N(C)c1nc(Nc3ccc(N4CCN(S(C)(=O)=O)CC4)cc3C)ncc1N(C(C)C)C2=O.Cc1nc2c(s1)N(C)c1nc(Nc3ccc(N4CCNCC4)cc3C)ncc1N(C(C)C)C2=O. The maximum Gasteiger partial charge on any atom is 0.280 e. The molecule has 103 heavy (non-hydrogen) atoms. The zero-order chi connectivity index (χ0) is 73.6. The first-order chi connectivity index (χ1) is 49.1. The fraction of sp³-hybridized carbons (Fsp3) is 0.386. The van der Waals surface area contributed by atoms with Gasteiger partial charge in [-0.25, -0.2) is 38.3 Å². The molecule has 6 aromatic heterocycles. The summed E-state index contributed by atoms with van der Waals surface area (Å²) < 4.78 is 25.2. The van der Waals surface area contributed by atoms with Gasteiger partial charge in [0.1, 0.15) is 32.1 Å².